The van der Waals surface area contributed by atoms with Crippen molar-refractivity contribution in [1.82, 2.24) is 0 Å². The van der Waals surface area contributed by atoms with Crippen LogP contribution in [0.4, 0.5) is 4.39 Å². The third kappa shape index (κ3) is 3.88. The van der Waals surface area contributed by atoms with E-state index in [1.165, 1.54) is 32.2 Å². The minimum atomic E-state index is -0.660. The first-order valence-electron chi connectivity index (χ1n) is 4.90. The predicted molar refractivity (Wildman–Crippen MR) is 60.5 cm³/mol. The average molecular weight is 240 g/mol. The highest BCUT2D eigenvalue weighted by Gasteiger charge is 2.07. The van der Waals surface area contributed by atoms with Crippen molar-refractivity contribution in [3.05, 3.63) is 29.6 Å². The summed E-state index contributed by atoms with van der Waals surface area (Å²) in [4.78, 5) is 10.8. The van der Waals surface area contributed by atoms with Crippen LogP contribution in [-0.4, -0.2) is 24.8 Å². The number of hydrogen-bond acceptors (Lipinski definition) is 4. The SMILES string of the molecule is COc1cc(/C=C(\F)CO)ccc1OC(C)=O. The molecule has 17 heavy (non-hydrogen) atoms. The number of hydrogen-bond donors (Lipinski definition) is 1. The Hall–Kier alpha value is -1.88. The molecule has 1 N–H and O–H groups in total. The van der Waals surface area contributed by atoms with E-state index in [0.29, 0.717) is 11.3 Å². The Balaban J connectivity index is 3.04. The van der Waals surface area contributed by atoms with E-state index in [1.807, 2.05) is 0 Å². The summed E-state index contributed by atoms with van der Waals surface area (Å²) >= 11 is 0. The number of halogens is 1. The van der Waals surface area contributed by atoms with Crippen molar-refractivity contribution in [3.63, 3.8) is 0 Å². The predicted octanol–water partition coefficient (Wildman–Crippen LogP) is 1.92. The molecule has 0 radical (unpaired) electrons. The molecule has 0 aliphatic carbocycles. The van der Waals surface area contributed by atoms with Gasteiger partial charge in [-0.2, -0.15) is 0 Å². The van der Waals surface area contributed by atoms with Gasteiger partial charge in [-0.05, 0) is 23.8 Å². The number of carbonyl (C=O) groups is 1. The third-order valence-electron chi connectivity index (χ3n) is 1.92. The summed E-state index contributed by atoms with van der Waals surface area (Å²) < 4.78 is 22.8. The Bertz CT molecular complexity index is 440. The maximum Gasteiger partial charge on any atom is 0.308 e. The van der Waals surface area contributed by atoms with Gasteiger partial charge < -0.3 is 14.6 Å². The van der Waals surface area contributed by atoms with Crippen molar-refractivity contribution in [2.75, 3.05) is 13.7 Å². The van der Waals surface area contributed by atoms with E-state index in [0.717, 1.165) is 0 Å². The molecule has 0 aromatic heterocycles. The fourth-order valence-corrected chi connectivity index (χ4v) is 1.24. The van der Waals surface area contributed by atoms with E-state index in [2.05, 4.69) is 0 Å². The van der Waals surface area contributed by atoms with Crippen LogP contribution in [0.2, 0.25) is 0 Å². The van der Waals surface area contributed by atoms with Crippen LogP contribution < -0.4 is 9.47 Å². The maximum absolute atomic E-state index is 12.8. The first-order valence-corrected chi connectivity index (χ1v) is 4.90. The Morgan fingerprint density at radius 1 is 1.47 bits per heavy atom. The maximum atomic E-state index is 12.8. The van der Waals surface area contributed by atoms with Crippen LogP contribution in [-0.2, 0) is 4.79 Å². The molecule has 0 atom stereocenters. The van der Waals surface area contributed by atoms with E-state index in [4.69, 9.17) is 14.6 Å². The van der Waals surface area contributed by atoms with Crippen molar-refractivity contribution >= 4 is 12.0 Å². The quantitative estimate of drug-likeness (QED) is 0.645. The van der Waals surface area contributed by atoms with Gasteiger partial charge in [0.15, 0.2) is 11.5 Å². The number of carbonyl (C=O) groups excluding carboxylic acids is 1. The number of benzene rings is 1. The topological polar surface area (TPSA) is 55.8 Å². The monoisotopic (exact) mass is 240 g/mol. The lowest BCUT2D eigenvalue weighted by Gasteiger charge is -2.08. The third-order valence-corrected chi connectivity index (χ3v) is 1.92. The number of aliphatic hydroxyl groups is 1. The summed E-state index contributed by atoms with van der Waals surface area (Å²) in [5.41, 5.74) is 0.504. The molecule has 0 saturated carbocycles. The zero-order valence-corrected chi connectivity index (χ0v) is 9.57. The number of methoxy groups -OCH3 is 1. The van der Waals surface area contributed by atoms with Crippen molar-refractivity contribution in [2.24, 2.45) is 0 Å². The van der Waals surface area contributed by atoms with E-state index >= 15 is 0 Å². The second-order valence-corrected chi connectivity index (χ2v) is 3.25. The van der Waals surface area contributed by atoms with Gasteiger partial charge in [0.1, 0.15) is 5.83 Å². The van der Waals surface area contributed by atoms with Crippen molar-refractivity contribution in [2.45, 2.75) is 6.92 Å². The molecular weight excluding hydrogens is 227 g/mol. The number of esters is 1. The van der Waals surface area contributed by atoms with Gasteiger partial charge in [0.2, 0.25) is 0 Å². The van der Waals surface area contributed by atoms with Gasteiger partial charge in [-0.1, -0.05) is 6.07 Å². The van der Waals surface area contributed by atoms with E-state index in [-0.39, 0.29) is 5.75 Å². The van der Waals surface area contributed by atoms with Crippen LogP contribution in [0.15, 0.2) is 24.0 Å². The molecular formula is C12H13FO4. The Morgan fingerprint density at radius 3 is 2.71 bits per heavy atom. The van der Waals surface area contributed by atoms with Crippen LogP contribution in [0, 0.1) is 0 Å². The fraction of sp³-hybridized carbons (Fsp3) is 0.250. The molecule has 0 amide bonds. The highest BCUT2D eigenvalue weighted by Crippen LogP contribution is 2.29. The zero-order valence-electron chi connectivity index (χ0n) is 9.57. The summed E-state index contributed by atoms with van der Waals surface area (Å²) in [5, 5.41) is 8.55. The number of rotatable bonds is 4. The van der Waals surface area contributed by atoms with Gasteiger partial charge in [0.05, 0.1) is 13.7 Å². The van der Waals surface area contributed by atoms with Crippen LogP contribution in [0.25, 0.3) is 6.08 Å². The Morgan fingerprint density at radius 2 is 2.18 bits per heavy atom. The molecule has 0 unspecified atom stereocenters. The summed E-state index contributed by atoms with van der Waals surface area (Å²) in [5.74, 6) is -0.540. The lowest BCUT2D eigenvalue weighted by atomic mass is 10.2. The van der Waals surface area contributed by atoms with E-state index < -0.39 is 18.4 Å². The van der Waals surface area contributed by atoms with Gasteiger partial charge in [-0.25, -0.2) is 4.39 Å². The molecule has 1 aromatic rings. The van der Waals surface area contributed by atoms with Crippen molar-refractivity contribution < 1.29 is 23.8 Å². The lowest BCUT2D eigenvalue weighted by Crippen LogP contribution is -2.03. The minimum Gasteiger partial charge on any atom is -0.493 e. The largest absolute Gasteiger partial charge is 0.493 e. The summed E-state index contributed by atoms with van der Waals surface area (Å²) in [6, 6.07) is 4.56. The Kier molecular flexibility index (Phi) is 4.66. The standard InChI is InChI=1S/C12H13FO4/c1-8(15)17-11-4-3-9(5-10(13)7-14)6-12(11)16-2/h3-6,14H,7H2,1-2H3/b10-5-. The molecule has 1 aromatic carbocycles. The van der Waals surface area contributed by atoms with Crippen molar-refractivity contribution in [1.29, 1.82) is 0 Å². The molecule has 0 spiro atoms. The van der Waals surface area contributed by atoms with Gasteiger partial charge in [0, 0.05) is 6.92 Å². The van der Waals surface area contributed by atoms with Gasteiger partial charge in [-0.15, -0.1) is 0 Å². The van der Waals surface area contributed by atoms with Gasteiger partial charge in [-0.3, -0.25) is 4.79 Å². The van der Waals surface area contributed by atoms with Crippen LogP contribution in [0.5, 0.6) is 11.5 Å². The number of aliphatic hydroxyl groups excluding tert-OH is 1. The molecule has 92 valence electrons. The molecule has 0 heterocycles. The molecule has 0 fully saturated rings. The average Bonchev–Trinajstić information content (AvgIpc) is 2.30. The molecule has 5 heteroatoms. The molecule has 4 nitrogen and oxygen atoms in total. The van der Waals surface area contributed by atoms with Crippen LogP contribution in [0.3, 0.4) is 0 Å². The number of ether oxygens (including phenoxy) is 2. The first-order chi connectivity index (χ1) is 8.06. The normalized spacial score (nSPS) is 11.2. The van der Waals surface area contributed by atoms with Gasteiger partial charge in [0.25, 0.3) is 0 Å². The second kappa shape index (κ2) is 6.00. The second-order valence-electron chi connectivity index (χ2n) is 3.25. The van der Waals surface area contributed by atoms with Crippen molar-refractivity contribution in [3.8, 4) is 11.5 Å². The van der Waals surface area contributed by atoms with Crippen LogP contribution >= 0.6 is 0 Å². The highest BCUT2D eigenvalue weighted by molar-refractivity contribution is 5.71. The molecule has 0 aliphatic heterocycles. The fourth-order valence-electron chi connectivity index (χ4n) is 1.24. The molecule has 1 rings (SSSR count). The summed E-state index contributed by atoms with van der Waals surface area (Å²) in [7, 11) is 1.41. The molecule has 0 bridgehead atoms. The summed E-state index contributed by atoms with van der Waals surface area (Å²) in [6.07, 6.45) is 1.17. The summed E-state index contributed by atoms with van der Waals surface area (Å²) in [6.45, 7) is 0.618. The molecule has 0 aliphatic rings. The first kappa shape index (κ1) is 13.2. The lowest BCUT2D eigenvalue weighted by molar-refractivity contribution is -0.132. The highest BCUT2D eigenvalue weighted by atomic mass is 19.1. The van der Waals surface area contributed by atoms with Crippen LogP contribution in [0.1, 0.15) is 12.5 Å². The smallest absolute Gasteiger partial charge is 0.308 e. The molecule has 0 saturated heterocycles. The zero-order chi connectivity index (χ0) is 12.8. The van der Waals surface area contributed by atoms with Gasteiger partial charge >= 0.3 is 5.97 Å². The Labute approximate surface area is 98.3 Å². The van der Waals surface area contributed by atoms with E-state index in [9.17, 15) is 9.18 Å². The van der Waals surface area contributed by atoms with E-state index in [1.54, 1.807) is 6.07 Å². The minimum absolute atomic E-state index is 0.265.